The molecule has 0 aromatic heterocycles. The van der Waals surface area contributed by atoms with Gasteiger partial charge in [0.05, 0.1) is 22.4 Å². The number of aromatic hydroxyl groups is 1. The second kappa shape index (κ2) is 9.19. The van der Waals surface area contributed by atoms with E-state index in [9.17, 15) is 27.9 Å². The van der Waals surface area contributed by atoms with Crippen molar-refractivity contribution in [3.8, 4) is 11.5 Å². The number of carbonyl (C=O) groups is 2. The average Bonchev–Trinajstić information content (AvgIpc) is 2.74. The number of rotatable bonds is 6. The van der Waals surface area contributed by atoms with Crippen LogP contribution in [0.4, 0.5) is 18.9 Å². The number of carboxylic acids is 1. The molecule has 3 N–H and O–H groups in total. The molecule has 0 spiro atoms. The van der Waals surface area contributed by atoms with Gasteiger partial charge < -0.3 is 20.3 Å². The van der Waals surface area contributed by atoms with Gasteiger partial charge in [-0.15, -0.1) is 0 Å². The van der Waals surface area contributed by atoms with Crippen molar-refractivity contribution < 1.29 is 37.7 Å². The van der Waals surface area contributed by atoms with Crippen molar-refractivity contribution in [2.45, 2.75) is 12.8 Å². The van der Waals surface area contributed by atoms with E-state index in [0.717, 1.165) is 12.1 Å². The molecule has 0 bridgehead atoms. The van der Waals surface area contributed by atoms with Gasteiger partial charge in [0.15, 0.2) is 0 Å². The monoisotopic (exact) mass is 465 g/mol. The van der Waals surface area contributed by atoms with Crippen molar-refractivity contribution in [2.75, 3.05) is 5.32 Å². The number of nitrogens with one attached hydrogen (secondary N) is 1. The highest BCUT2D eigenvalue weighted by Gasteiger charge is 2.31. The van der Waals surface area contributed by atoms with Crippen molar-refractivity contribution >= 4 is 29.2 Å². The number of aromatic carboxylic acids is 1. The van der Waals surface area contributed by atoms with E-state index in [-0.39, 0.29) is 34.2 Å². The number of alkyl halides is 3. The van der Waals surface area contributed by atoms with Crippen LogP contribution in [0.25, 0.3) is 0 Å². The standard InChI is InChI=1S/C22H15ClF3NO5/c23-15-6-7-18(28)16(10-15)20(29)27-17-9-14(22(24,25)26)5-8-19(17)32-11-12-1-3-13(4-2-12)21(30)31/h1-10,28H,11H2,(H,27,29)(H,30,31). The van der Waals surface area contributed by atoms with Crippen LogP contribution in [0.1, 0.15) is 31.8 Å². The number of hydrogen-bond acceptors (Lipinski definition) is 4. The molecule has 3 rings (SSSR count). The molecule has 1 amide bonds. The van der Waals surface area contributed by atoms with Gasteiger partial charge in [-0.25, -0.2) is 4.79 Å². The fourth-order valence-electron chi connectivity index (χ4n) is 2.71. The Morgan fingerprint density at radius 1 is 1.00 bits per heavy atom. The lowest BCUT2D eigenvalue weighted by molar-refractivity contribution is -0.137. The number of phenolic OH excluding ortho intramolecular Hbond substituents is 1. The van der Waals surface area contributed by atoms with Gasteiger partial charge in [0.1, 0.15) is 18.1 Å². The molecular weight excluding hydrogens is 451 g/mol. The van der Waals surface area contributed by atoms with Crippen molar-refractivity contribution in [1.29, 1.82) is 0 Å². The molecule has 0 unspecified atom stereocenters. The van der Waals surface area contributed by atoms with Crippen LogP contribution in [0.3, 0.4) is 0 Å². The van der Waals surface area contributed by atoms with Crippen molar-refractivity contribution in [1.82, 2.24) is 0 Å². The first-order valence-electron chi connectivity index (χ1n) is 9.01. The van der Waals surface area contributed by atoms with E-state index >= 15 is 0 Å². The average molecular weight is 466 g/mol. The first-order valence-corrected chi connectivity index (χ1v) is 9.38. The summed E-state index contributed by atoms with van der Waals surface area (Å²) in [5, 5.41) is 21.3. The summed E-state index contributed by atoms with van der Waals surface area (Å²) in [6.45, 7) is -0.101. The SMILES string of the molecule is O=C(O)c1ccc(COc2ccc(C(F)(F)F)cc2NC(=O)c2cc(Cl)ccc2O)cc1. The van der Waals surface area contributed by atoms with Crippen LogP contribution < -0.4 is 10.1 Å². The van der Waals surface area contributed by atoms with E-state index in [0.29, 0.717) is 11.6 Å². The van der Waals surface area contributed by atoms with Crippen molar-refractivity contribution in [3.05, 3.63) is 87.9 Å². The second-order valence-corrected chi connectivity index (χ2v) is 7.05. The molecule has 0 aliphatic heterocycles. The zero-order valence-electron chi connectivity index (χ0n) is 16.1. The molecule has 0 radical (unpaired) electrons. The maximum Gasteiger partial charge on any atom is 0.416 e. The van der Waals surface area contributed by atoms with Gasteiger partial charge in [-0.1, -0.05) is 23.7 Å². The minimum Gasteiger partial charge on any atom is -0.507 e. The third kappa shape index (κ3) is 5.50. The molecule has 0 aliphatic rings. The van der Waals surface area contributed by atoms with E-state index in [1.165, 1.54) is 42.5 Å². The molecule has 3 aromatic carbocycles. The summed E-state index contributed by atoms with van der Waals surface area (Å²) >= 11 is 5.83. The maximum absolute atomic E-state index is 13.2. The molecule has 0 atom stereocenters. The molecule has 3 aromatic rings. The fraction of sp³-hybridized carbons (Fsp3) is 0.0909. The normalized spacial score (nSPS) is 11.1. The first kappa shape index (κ1) is 23.0. The van der Waals surface area contributed by atoms with E-state index in [1.807, 2.05) is 0 Å². The fourth-order valence-corrected chi connectivity index (χ4v) is 2.89. The van der Waals surface area contributed by atoms with Crippen molar-refractivity contribution in [3.63, 3.8) is 0 Å². The second-order valence-electron chi connectivity index (χ2n) is 6.62. The van der Waals surface area contributed by atoms with Crippen LogP contribution in [0.15, 0.2) is 60.7 Å². The predicted octanol–water partition coefficient (Wildman–Crippen LogP) is 5.59. The summed E-state index contributed by atoms with van der Waals surface area (Å²) in [6, 6.07) is 12.0. The van der Waals surface area contributed by atoms with Crippen LogP contribution in [-0.2, 0) is 12.8 Å². The Hall–Kier alpha value is -3.72. The van der Waals surface area contributed by atoms with E-state index in [2.05, 4.69) is 5.32 Å². The highest BCUT2D eigenvalue weighted by molar-refractivity contribution is 6.31. The summed E-state index contributed by atoms with van der Waals surface area (Å²) < 4.78 is 45.1. The van der Waals surface area contributed by atoms with Gasteiger partial charge in [0, 0.05) is 5.02 Å². The number of benzene rings is 3. The smallest absolute Gasteiger partial charge is 0.416 e. The van der Waals surface area contributed by atoms with E-state index in [4.69, 9.17) is 21.4 Å². The number of halogens is 4. The highest BCUT2D eigenvalue weighted by Crippen LogP contribution is 2.36. The number of amides is 1. The number of carbonyl (C=O) groups excluding carboxylic acids is 1. The summed E-state index contributed by atoms with van der Waals surface area (Å²) in [5.74, 6) is -2.45. The number of anilines is 1. The molecule has 0 heterocycles. The Balaban J connectivity index is 1.87. The molecular formula is C22H15ClF3NO5. The minimum absolute atomic E-state index is 0.0600. The molecule has 0 fully saturated rings. The largest absolute Gasteiger partial charge is 0.507 e. The Kier molecular flexibility index (Phi) is 6.59. The molecule has 10 heteroatoms. The lowest BCUT2D eigenvalue weighted by Crippen LogP contribution is -2.15. The van der Waals surface area contributed by atoms with Gasteiger partial charge in [-0.3, -0.25) is 4.79 Å². The molecule has 166 valence electrons. The van der Waals surface area contributed by atoms with Crippen LogP contribution in [0, 0.1) is 0 Å². The summed E-state index contributed by atoms with van der Waals surface area (Å²) in [7, 11) is 0. The van der Waals surface area contributed by atoms with Crippen LogP contribution in [0.5, 0.6) is 11.5 Å². The molecule has 0 saturated heterocycles. The van der Waals surface area contributed by atoms with Gasteiger partial charge in [-0.05, 0) is 54.1 Å². The van der Waals surface area contributed by atoms with Gasteiger partial charge in [0.25, 0.3) is 5.91 Å². The lowest BCUT2D eigenvalue weighted by Gasteiger charge is -2.16. The van der Waals surface area contributed by atoms with E-state index in [1.54, 1.807) is 0 Å². The number of ether oxygens (including phenoxy) is 1. The first-order chi connectivity index (χ1) is 15.0. The third-order valence-corrected chi connectivity index (χ3v) is 4.59. The molecule has 32 heavy (non-hydrogen) atoms. The van der Waals surface area contributed by atoms with Gasteiger partial charge >= 0.3 is 12.1 Å². The van der Waals surface area contributed by atoms with Gasteiger partial charge in [0.2, 0.25) is 0 Å². The third-order valence-electron chi connectivity index (χ3n) is 4.35. The summed E-state index contributed by atoms with van der Waals surface area (Å²) in [6.07, 6.45) is -4.66. The Morgan fingerprint density at radius 2 is 1.69 bits per heavy atom. The topological polar surface area (TPSA) is 95.9 Å². The lowest BCUT2D eigenvalue weighted by atomic mass is 10.1. The summed E-state index contributed by atoms with van der Waals surface area (Å²) in [4.78, 5) is 23.5. The Labute approximate surface area is 184 Å². The van der Waals surface area contributed by atoms with Crippen LogP contribution in [0.2, 0.25) is 5.02 Å². The number of hydrogen-bond donors (Lipinski definition) is 3. The highest BCUT2D eigenvalue weighted by atomic mass is 35.5. The van der Waals surface area contributed by atoms with Crippen LogP contribution in [-0.4, -0.2) is 22.1 Å². The zero-order chi connectivity index (χ0) is 23.5. The molecule has 0 saturated carbocycles. The molecule has 0 aliphatic carbocycles. The Morgan fingerprint density at radius 3 is 2.31 bits per heavy atom. The predicted molar refractivity (Wildman–Crippen MR) is 110 cm³/mol. The zero-order valence-corrected chi connectivity index (χ0v) is 16.9. The number of carboxylic acid groups (broad SMARTS) is 1. The molecule has 6 nitrogen and oxygen atoms in total. The van der Waals surface area contributed by atoms with Crippen LogP contribution >= 0.6 is 11.6 Å². The Bertz CT molecular complexity index is 1160. The van der Waals surface area contributed by atoms with Gasteiger partial charge in [-0.2, -0.15) is 13.2 Å². The quantitative estimate of drug-likeness (QED) is 0.441. The minimum atomic E-state index is -4.66. The van der Waals surface area contributed by atoms with Crippen molar-refractivity contribution in [2.24, 2.45) is 0 Å². The number of phenols is 1. The maximum atomic E-state index is 13.2. The van der Waals surface area contributed by atoms with E-state index < -0.39 is 29.4 Å². The summed E-state index contributed by atoms with van der Waals surface area (Å²) in [5.41, 5.74) is -0.894.